The Morgan fingerprint density at radius 2 is 1.94 bits per heavy atom. The molecule has 4 heteroatoms. The van der Waals surface area contributed by atoms with E-state index in [0.29, 0.717) is 11.7 Å². The third-order valence-electron chi connectivity index (χ3n) is 4.29. The Kier molecular flexibility index (Phi) is 2.90. The van der Waals surface area contributed by atoms with E-state index < -0.39 is 0 Å². The maximum absolute atomic E-state index is 12.3. The van der Waals surface area contributed by atoms with Crippen LogP contribution < -0.4 is 11.3 Å². The Labute approximate surface area is 107 Å². The van der Waals surface area contributed by atoms with Crippen LogP contribution in [0, 0.1) is 0 Å². The van der Waals surface area contributed by atoms with Gasteiger partial charge in [0.05, 0.1) is 0 Å². The first-order valence-corrected chi connectivity index (χ1v) is 6.88. The van der Waals surface area contributed by atoms with Crippen LogP contribution in [0.15, 0.2) is 10.9 Å². The predicted octanol–water partition coefficient (Wildman–Crippen LogP) is 1.88. The number of aromatic nitrogens is 1. The van der Waals surface area contributed by atoms with Gasteiger partial charge >= 0.3 is 0 Å². The van der Waals surface area contributed by atoms with Crippen molar-refractivity contribution in [2.45, 2.75) is 51.2 Å². The van der Waals surface area contributed by atoms with Gasteiger partial charge in [0, 0.05) is 42.1 Å². The SMILES string of the molecule is CN1Cc2c(N)cc(=O)n(C3CCCCC3)c2C1. The first kappa shape index (κ1) is 11.8. The van der Waals surface area contributed by atoms with Crippen LogP contribution in [0.1, 0.15) is 49.4 Å². The molecule has 1 aliphatic heterocycles. The van der Waals surface area contributed by atoms with Crippen LogP contribution in [0.4, 0.5) is 5.69 Å². The second-order valence-corrected chi connectivity index (χ2v) is 5.70. The fourth-order valence-electron chi connectivity index (χ4n) is 3.41. The minimum absolute atomic E-state index is 0.0912. The van der Waals surface area contributed by atoms with E-state index >= 15 is 0 Å². The molecule has 18 heavy (non-hydrogen) atoms. The lowest BCUT2D eigenvalue weighted by molar-refractivity contribution is 0.317. The fourth-order valence-corrected chi connectivity index (χ4v) is 3.41. The molecule has 2 heterocycles. The van der Waals surface area contributed by atoms with E-state index in [0.717, 1.165) is 31.6 Å². The largest absolute Gasteiger partial charge is 0.398 e. The average molecular weight is 247 g/mol. The van der Waals surface area contributed by atoms with Crippen molar-refractivity contribution in [2.24, 2.45) is 0 Å². The molecule has 1 fully saturated rings. The van der Waals surface area contributed by atoms with Crippen LogP contribution in [-0.2, 0) is 13.1 Å². The van der Waals surface area contributed by atoms with Gasteiger partial charge in [-0.15, -0.1) is 0 Å². The number of nitrogen functional groups attached to an aromatic ring is 1. The fraction of sp³-hybridized carbons (Fsp3) is 0.643. The van der Waals surface area contributed by atoms with Gasteiger partial charge in [-0.3, -0.25) is 9.69 Å². The van der Waals surface area contributed by atoms with Crippen LogP contribution in [0.2, 0.25) is 0 Å². The number of nitrogens with zero attached hydrogens (tertiary/aromatic N) is 2. The molecule has 1 aliphatic carbocycles. The molecule has 0 aromatic carbocycles. The van der Waals surface area contributed by atoms with Crippen molar-refractivity contribution in [1.82, 2.24) is 9.47 Å². The maximum atomic E-state index is 12.3. The average Bonchev–Trinajstić information content (AvgIpc) is 2.72. The lowest BCUT2D eigenvalue weighted by Gasteiger charge is -2.26. The molecular formula is C14H21N3O. The van der Waals surface area contributed by atoms with Crippen molar-refractivity contribution in [3.8, 4) is 0 Å². The molecule has 1 saturated carbocycles. The third kappa shape index (κ3) is 1.85. The van der Waals surface area contributed by atoms with Crippen molar-refractivity contribution in [3.63, 3.8) is 0 Å². The van der Waals surface area contributed by atoms with E-state index in [1.807, 2.05) is 4.57 Å². The molecule has 0 saturated heterocycles. The zero-order valence-corrected chi connectivity index (χ0v) is 11.0. The van der Waals surface area contributed by atoms with Gasteiger partial charge in [0.15, 0.2) is 0 Å². The summed E-state index contributed by atoms with van der Waals surface area (Å²) in [7, 11) is 2.08. The molecule has 2 N–H and O–H groups in total. The first-order valence-electron chi connectivity index (χ1n) is 6.88. The number of hydrogen-bond donors (Lipinski definition) is 1. The van der Waals surface area contributed by atoms with Crippen LogP contribution in [-0.4, -0.2) is 16.5 Å². The molecule has 1 aromatic heterocycles. The zero-order chi connectivity index (χ0) is 12.7. The number of nitrogens with two attached hydrogens (primary N) is 1. The molecule has 0 bridgehead atoms. The van der Waals surface area contributed by atoms with E-state index in [1.165, 1.54) is 24.8 Å². The van der Waals surface area contributed by atoms with Gasteiger partial charge in [0.2, 0.25) is 0 Å². The summed E-state index contributed by atoms with van der Waals surface area (Å²) in [5, 5.41) is 0. The molecule has 2 aliphatic rings. The van der Waals surface area contributed by atoms with E-state index in [-0.39, 0.29) is 5.56 Å². The summed E-state index contributed by atoms with van der Waals surface area (Å²) in [5.41, 5.74) is 9.09. The van der Waals surface area contributed by atoms with E-state index in [9.17, 15) is 4.79 Å². The van der Waals surface area contributed by atoms with Gasteiger partial charge in [0.1, 0.15) is 0 Å². The van der Waals surface area contributed by atoms with Crippen LogP contribution >= 0.6 is 0 Å². The molecule has 3 rings (SSSR count). The summed E-state index contributed by atoms with van der Waals surface area (Å²) < 4.78 is 2.04. The summed E-state index contributed by atoms with van der Waals surface area (Å²) in [6.45, 7) is 1.72. The Morgan fingerprint density at radius 3 is 2.67 bits per heavy atom. The van der Waals surface area contributed by atoms with Crippen LogP contribution in [0.5, 0.6) is 0 Å². The van der Waals surface area contributed by atoms with E-state index in [4.69, 9.17) is 5.73 Å². The summed E-state index contributed by atoms with van der Waals surface area (Å²) in [6.07, 6.45) is 6.07. The minimum atomic E-state index is 0.0912. The normalized spacial score (nSPS) is 21.2. The van der Waals surface area contributed by atoms with Crippen molar-refractivity contribution < 1.29 is 0 Å². The highest BCUT2D eigenvalue weighted by Gasteiger charge is 2.26. The van der Waals surface area contributed by atoms with Gasteiger partial charge < -0.3 is 10.3 Å². The first-order chi connectivity index (χ1) is 8.66. The van der Waals surface area contributed by atoms with Gasteiger partial charge in [-0.05, 0) is 19.9 Å². The van der Waals surface area contributed by atoms with Crippen LogP contribution in [0.3, 0.4) is 0 Å². The smallest absolute Gasteiger partial charge is 0.253 e. The Balaban J connectivity index is 2.09. The summed E-state index contributed by atoms with van der Waals surface area (Å²) >= 11 is 0. The molecular weight excluding hydrogens is 226 g/mol. The Morgan fingerprint density at radius 1 is 1.22 bits per heavy atom. The highest BCUT2D eigenvalue weighted by molar-refractivity contribution is 5.50. The van der Waals surface area contributed by atoms with E-state index in [2.05, 4.69) is 11.9 Å². The molecule has 0 unspecified atom stereocenters. The quantitative estimate of drug-likeness (QED) is 0.824. The molecule has 0 spiro atoms. The minimum Gasteiger partial charge on any atom is -0.398 e. The lowest BCUT2D eigenvalue weighted by Crippen LogP contribution is -2.29. The summed E-state index contributed by atoms with van der Waals surface area (Å²) in [6, 6.07) is 2.01. The topological polar surface area (TPSA) is 51.3 Å². The zero-order valence-electron chi connectivity index (χ0n) is 11.0. The van der Waals surface area contributed by atoms with Crippen molar-refractivity contribution >= 4 is 5.69 Å². The number of rotatable bonds is 1. The molecule has 1 aromatic rings. The monoisotopic (exact) mass is 247 g/mol. The second-order valence-electron chi connectivity index (χ2n) is 5.70. The molecule has 0 radical (unpaired) electrons. The second kappa shape index (κ2) is 4.43. The van der Waals surface area contributed by atoms with Crippen molar-refractivity contribution in [1.29, 1.82) is 0 Å². The Bertz CT molecular complexity index is 515. The predicted molar refractivity (Wildman–Crippen MR) is 72.4 cm³/mol. The van der Waals surface area contributed by atoms with Gasteiger partial charge in [-0.25, -0.2) is 0 Å². The maximum Gasteiger partial charge on any atom is 0.253 e. The lowest BCUT2D eigenvalue weighted by atomic mass is 9.94. The molecule has 4 nitrogen and oxygen atoms in total. The number of anilines is 1. The molecule has 0 atom stereocenters. The highest BCUT2D eigenvalue weighted by Crippen LogP contribution is 2.32. The van der Waals surface area contributed by atoms with Crippen LogP contribution in [0.25, 0.3) is 0 Å². The number of fused-ring (bicyclic) bond motifs is 1. The summed E-state index contributed by atoms with van der Waals surface area (Å²) in [4.78, 5) is 14.5. The van der Waals surface area contributed by atoms with Gasteiger partial charge in [0.25, 0.3) is 5.56 Å². The van der Waals surface area contributed by atoms with Crippen molar-refractivity contribution in [2.75, 3.05) is 12.8 Å². The van der Waals surface area contributed by atoms with Gasteiger partial charge in [-0.2, -0.15) is 0 Å². The third-order valence-corrected chi connectivity index (χ3v) is 4.29. The number of hydrogen-bond acceptors (Lipinski definition) is 3. The van der Waals surface area contributed by atoms with E-state index in [1.54, 1.807) is 6.07 Å². The Hall–Kier alpha value is -1.29. The van der Waals surface area contributed by atoms with Crippen molar-refractivity contribution in [3.05, 3.63) is 27.7 Å². The van der Waals surface area contributed by atoms with Gasteiger partial charge in [-0.1, -0.05) is 19.3 Å². The molecule has 0 amide bonds. The standard InChI is InChI=1S/C14H21N3O/c1-16-8-11-12(15)7-14(18)17(13(11)9-16)10-5-3-2-4-6-10/h7,10H,2-6,8-9,15H2,1H3. The molecule has 98 valence electrons. The number of pyridine rings is 1. The summed E-state index contributed by atoms with van der Waals surface area (Å²) in [5.74, 6) is 0. The highest BCUT2D eigenvalue weighted by atomic mass is 16.1.